The van der Waals surface area contributed by atoms with Crippen molar-refractivity contribution in [1.29, 1.82) is 0 Å². The Kier molecular flexibility index (Phi) is 5.95. The quantitative estimate of drug-likeness (QED) is 0.694. The smallest absolute Gasteiger partial charge is 0.253 e. The van der Waals surface area contributed by atoms with E-state index in [0.717, 1.165) is 25.0 Å². The molecule has 0 heterocycles. The predicted molar refractivity (Wildman–Crippen MR) is 102 cm³/mol. The number of benzene rings is 2. The zero-order chi connectivity index (χ0) is 20.6. The summed E-state index contributed by atoms with van der Waals surface area (Å²) in [6.07, 6.45) is 1.47. The summed E-state index contributed by atoms with van der Waals surface area (Å²) in [5.41, 5.74) is -0.0558. The largest absolute Gasteiger partial charge is 0.345 e. The van der Waals surface area contributed by atoms with Gasteiger partial charge in [0.05, 0.1) is 21.7 Å². The molecule has 1 amide bonds. The Labute approximate surface area is 171 Å². The summed E-state index contributed by atoms with van der Waals surface area (Å²) < 4.78 is 54.4. The summed E-state index contributed by atoms with van der Waals surface area (Å²) in [7, 11) is -3.91. The van der Waals surface area contributed by atoms with E-state index in [2.05, 4.69) is 10.0 Å². The Morgan fingerprint density at radius 3 is 2.43 bits per heavy atom. The fourth-order valence-corrected chi connectivity index (χ4v) is 4.76. The van der Waals surface area contributed by atoms with Gasteiger partial charge >= 0.3 is 0 Å². The average molecular weight is 449 g/mol. The molecule has 1 aliphatic rings. The third-order valence-corrected chi connectivity index (χ3v) is 6.53. The fraction of sp³-hybridized carbons (Fsp3) is 0.278. The van der Waals surface area contributed by atoms with Crippen LogP contribution in [-0.4, -0.2) is 20.4 Å². The number of rotatable bonds is 6. The van der Waals surface area contributed by atoms with Crippen LogP contribution in [0.25, 0.3) is 0 Å². The topological polar surface area (TPSA) is 75.3 Å². The maximum absolute atomic E-state index is 13.9. The van der Waals surface area contributed by atoms with Crippen LogP contribution in [0, 0.1) is 11.6 Å². The Morgan fingerprint density at radius 2 is 1.82 bits per heavy atom. The van der Waals surface area contributed by atoms with Crippen molar-refractivity contribution < 1.29 is 22.0 Å². The molecule has 0 saturated heterocycles. The van der Waals surface area contributed by atoms with Crippen LogP contribution in [0.5, 0.6) is 0 Å². The van der Waals surface area contributed by atoms with Crippen molar-refractivity contribution in [2.45, 2.75) is 36.7 Å². The summed E-state index contributed by atoms with van der Waals surface area (Å²) in [4.78, 5) is 12.3. The molecule has 0 aliphatic heterocycles. The van der Waals surface area contributed by atoms with Gasteiger partial charge in [-0.15, -0.1) is 0 Å². The number of hydrogen-bond acceptors (Lipinski definition) is 3. The van der Waals surface area contributed by atoms with Gasteiger partial charge in [-0.25, -0.2) is 21.9 Å². The van der Waals surface area contributed by atoms with Crippen LogP contribution in [0.1, 0.15) is 41.7 Å². The molecule has 2 aromatic carbocycles. The molecule has 28 heavy (non-hydrogen) atoms. The molecule has 0 spiro atoms. The number of carbonyl (C=O) groups excluding carboxylic acids is 1. The maximum atomic E-state index is 13.9. The van der Waals surface area contributed by atoms with E-state index in [9.17, 15) is 22.0 Å². The molecule has 10 heteroatoms. The number of halogens is 4. The van der Waals surface area contributed by atoms with Gasteiger partial charge in [0.15, 0.2) is 0 Å². The SMILES string of the molecule is C[C@H](NC(=O)c1cc(S(=O)(=O)NC2CC2)c(Cl)cc1Cl)c1ccc(F)cc1F. The zero-order valence-corrected chi connectivity index (χ0v) is 16.9. The third kappa shape index (κ3) is 4.63. The third-order valence-electron chi connectivity index (χ3n) is 4.23. The molecule has 2 N–H and O–H groups in total. The van der Waals surface area contributed by atoms with E-state index in [1.165, 1.54) is 19.1 Å². The minimum absolute atomic E-state index is 0.0559. The van der Waals surface area contributed by atoms with Crippen LogP contribution in [0.4, 0.5) is 8.78 Å². The first kappa shape index (κ1) is 21.0. The van der Waals surface area contributed by atoms with Gasteiger partial charge in [0.25, 0.3) is 5.91 Å². The Hall–Kier alpha value is -1.74. The summed E-state index contributed by atoms with van der Waals surface area (Å²) >= 11 is 12.1. The van der Waals surface area contributed by atoms with Crippen molar-refractivity contribution in [3.8, 4) is 0 Å². The van der Waals surface area contributed by atoms with E-state index in [0.29, 0.717) is 6.07 Å². The number of amides is 1. The number of hydrogen-bond donors (Lipinski definition) is 2. The van der Waals surface area contributed by atoms with Crippen LogP contribution in [0.15, 0.2) is 35.2 Å². The Morgan fingerprint density at radius 1 is 1.14 bits per heavy atom. The molecule has 150 valence electrons. The summed E-state index contributed by atoms with van der Waals surface area (Å²) in [6, 6.07) is 4.29. The van der Waals surface area contributed by atoms with E-state index in [1.807, 2.05) is 0 Å². The molecule has 0 bridgehead atoms. The normalized spacial score (nSPS) is 15.3. The maximum Gasteiger partial charge on any atom is 0.253 e. The predicted octanol–water partition coefficient (Wildman–Crippen LogP) is 4.20. The lowest BCUT2D eigenvalue weighted by Gasteiger charge is -2.17. The summed E-state index contributed by atoms with van der Waals surface area (Å²) in [5.74, 6) is -2.27. The first-order valence-electron chi connectivity index (χ1n) is 8.35. The van der Waals surface area contributed by atoms with Gasteiger partial charge in [0.1, 0.15) is 16.5 Å². The van der Waals surface area contributed by atoms with Gasteiger partial charge in [0, 0.05) is 17.7 Å². The molecule has 1 fully saturated rings. The van der Waals surface area contributed by atoms with Crippen LogP contribution < -0.4 is 10.0 Å². The second-order valence-electron chi connectivity index (χ2n) is 6.52. The van der Waals surface area contributed by atoms with Crippen LogP contribution in [-0.2, 0) is 10.0 Å². The highest BCUT2D eigenvalue weighted by Gasteiger charge is 2.30. The van der Waals surface area contributed by atoms with E-state index in [4.69, 9.17) is 23.2 Å². The molecular formula is C18H16Cl2F2N2O3S. The summed E-state index contributed by atoms with van der Waals surface area (Å²) in [6.45, 7) is 1.50. The lowest BCUT2D eigenvalue weighted by molar-refractivity contribution is 0.0939. The van der Waals surface area contributed by atoms with Crippen molar-refractivity contribution in [3.63, 3.8) is 0 Å². The lowest BCUT2D eigenvalue weighted by atomic mass is 10.1. The van der Waals surface area contributed by atoms with Crippen molar-refractivity contribution in [1.82, 2.24) is 10.0 Å². The first-order chi connectivity index (χ1) is 13.1. The van der Waals surface area contributed by atoms with Crippen LogP contribution in [0.3, 0.4) is 0 Å². The summed E-state index contributed by atoms with van der Waals surface area (Å²) in [5, 5.41) is 2.35. The zero-order valence-electron chi connectivity index (χ0n) is 14.6. The Balaban J connectivity index is 1.87. The van der Waals surface area contributed by atoms with E-state index in [1.54, 1.807) is 0 Å². The molecule has 1 saturated carbocycles. The minimum Gasteiger partial charge on any atom is -0.345 e. The molecule has 0 aromatic heterocycles. The van der Waals surface area contributed by atoms with Crippen molar-refractivity contribution >= 4 is 39.1 Å². The van der Waals surface area contributed by atoms with Crippen LogP contribution >= 0.6 is 23.2 Å². The van der Waals surface area contributed by atoms with Crippen molar-refractivity contribution in [3.05, 3.63) is 63.1 Å². The minimum atomic E-state index is -3.91. The molecular weight excluding hydrogens is 433 g/mol. The standard InChI is InChI=1S/C18H16Cl2F2N2O3S/c1-9(12-5-2-10(21)6-16(12)22)23-18(25)13-7-17(15(20)8-14(13)19)28(26,27)24-11-3-4-11/h2,5-9,11,24H,3-4H2,1H3,(H,23,25)/t9-/m0/s1. The monoisotopic (exact) mass is 448 g/mol. The van der Waals surface area contributed by atoms with Gasteiger partial charge in [-0.1, -0.05) is 29.3 Å². The van der Waals surface area contributed by atoms with Gasteiger partial charge in [0.2, 0.25) is 10.0 Å². The van der Waals surface area contributed by atoms with Crippen molar-refractivity contribution in [2.24, 2.45) is 0 Å². The number of carbonyl (C=O) groups is 1. The highest BCUT2D eigenvalue weighted by Crippen LogP contribution is 2.31. The van der Waals surface area contributed by atoms with Gasteiger partial charge < -0.3 is 5.32 Å². The lowest BCUT2D eigenvalue weighted by Crippen LogP contribution is -2.29. The molecule has 0 radical (unpaired) electrons. The first-order valence-corrected chi connectivity index (χ1v) is 10.6. The fourth-order valence-electron chi connectivity index (χ4n) is 2.60. The van der Waals surface area contributed by atoms with E-state index < -0.39 is 33.6 Å². The molecule has 0 unspecified atom stereocenters. The number of sulfonamides is 1. The second kappa shape index (κ2) is 7.94. The van der Waals surface area contributed by atoms with Crippen LogP contribution in [0.2, 0.25) is 10.0 Å². The Bertz CT molecular complexity index is 1040. The van der Waals surface area contributed by atoms with E-state index in [-0.39, 0.29) is 32.1 Å². The molecule has 2 aromatic rings. The average Bonchev–Trinajstić information content (AvgIpc) is 3.37. The van der Waals surface area contributed by atoms with Gasteiger partial charge in [-0.2, -0.15) is 0 Å². The van der Waals surface area contributed by atoms with Gasteiger partial charge in [-0.3, -0.25) is 4.79 Å². The molecule has 1 aliphatic carbocycles. The van der Waals surface area contributed by atoms with E-state index >= 15 is 0 Å². The second-order valence-corrected chi connectivity index (χ2v) is 9.02. The van der Waals surface area contributed by atoms with Gasteiger partial charge in [-0.05, 0) is 38.0 Å². The highest BCUT2D eigenvalue weighted by atomic mass is 35.5. The molecule has 5 nitrogen and oxygen atoms in total. The number of nitrogens with one attached hydrogen (secondary N) is 2. The highest BCUT2D eigenvalue weighted by molar-refractivity contribution is 7.89. The molecule has 3 rings (SSSR count). The molecule has 1 atom stereocenters. The van der Waals surface area contributed by atoms with Crippen molar-refractivity contribution in [2.75, 3.05) is 0 Å².